The largest absolute Gasteiger partial charge is 0.478 e. The third-order valence-electron chi connectivity index (χ3n) is 5.03. The molecule has 5 N–H and O–H groups in total. The van der Waals surface area contributed by atoms with Crippen molar-refractivity contribution in [3.63, 3.8) is 0 Å². The number of benzene rings is 4. The van der Waals surface area contributed by atoms with Gasteiger partial charge in [-0.3, -0.25) is 0 Å². The molecule has 0 fully saturated rings. The maximum Gasteiger partial charge on any atom is 0.343 e. The van der Waals surface area contributed by atoms with E-state index in [4.69, 9.17) is 16.2 Å². The fourth-order valence-corrected chi connectivity index (χ4v) is 3.59. The molecule has 0 aliphatic heterocycles. The number of carboxylic acid groups (broad SMARTS) is 1. The number of nitrogens with two attached hydrogens (primary N) is 2. The predicted octanol–water partition coefficient (Wildman–Crippen LogP) is 5.10. The molecule has 4 rings (SSSR count). The van der Waals surface area contributed by atoms with Crippen LogP contribution < -0.4 is 16.2 Å². The van der Waals surface area contributed by atoms with E-state index in [9.17, 15) is 14.7 Å². The van der Waals surface area contributed by atoms with Crippen LogP contribution in [0.3, 0.4) is 0 Å². The number of carbonyl (C=O) groups excluding carboxylic acids is 1. The maximum atomic E-state index is 12.7. The third kappa shape index (κ3) is 4.02. The van der Waals surface area contributed by atoms with E-state index >= 15 is 0 Å². The fourth-order valence-electron chi connectivity index (χ4n) is 3.59. The van der Waals surface area contributed by atoms with Crippen molar-refractivity contribution in [1.29, 1.82) is 0 Å². The van der Waals surface area contributed by atoms with E-state index in [0.29, 0.717) is 44.9 Å². The van der Waals surface area contributed by atoms with Crippen LogP contribution in [0.1, 0.15) is 20.7 Å². The Morgan fingerprint density at radius 2 is 1.38 bits per heavy atom. The number of carboxylic acids is 1. The molecule has 0 bridgehead atoms. The lowest BCUT2D eigenvalue weighted by atomic mass is 9.90. The fraction of sp³-hybridized carbons (Fsp3) is 0. The average molecular weight is 424 g/mol. The second-order valence-corrected chi connectivity index (χ2v) is 7.13. The van der Waals surface area contributed by atoms with Gasteiger partial charge in [0.25, 0.3) is 0 Å². The van der Waals surface area contributed by atoms with Crippen LogP contribution in [0.15, 0.2) is 91.0 Å². The van der Waals surface area contributed by atoms with Crippen molar-refractivity contribution in [2.75, 3.05) is 11.5 Å². The Hall–Kier alpha value is -4.58. The van der Waals surface area contributed by atoms with Gasteiger partial charge in [-0.05, 0) is 47.5 Å². The summed E-state index contributed by atoms with van der Waals surface area (Å²) in [6, 6.07) is 25.6. The van der Waals surface area contributed by atoms with E-state index in [1.165, 1.54) is 6.07 Å². The van der Waals surface area contributed by atoms with Crippen molar-refractivity contribution >= 4 is 23.3 Å². The summed E-state index contributed by atoms with van der Waals surface area (Å²) in [6.07, 6.45) is 0. The molecule has 32 heavy (non-hydrogen) atoms. The number of carbonyl (C=O) groups is 2. The number of rotatable bonds is 5. The quantitative estimate of drug-likeness (QED) is 0.233. The van der Waals surface area contributed by atoms with Gasteiger partial charge in [-0.2, -0.15) is 0 Å². The summed E-state index contributed by atoms with van der Waals surface area (Å²) in [5.41, 5.74) is 15.5. The van der Waals surface area contributed by atoms with Gasteiger partial charge in [0.15, 0.2) is 0 Å². The lowest BCUT2D eigenvalue weighted by molar-refractivity contribution is 0.0695. The molecule has 0 atom stereocenters. The topological polar surface area (TPSA) is 116 Å². The summed E-state index contributed by atoms with van der Waals surface area (Å²) in [6.45, 7) is 0. The van der Waals surface area contributed by atoms with E-state index in [1.807, 2.05) is 18.2 Å². The standard InChI is InChI=1S/C26H20N2O4/c27-17-8-5-7-16(15-17)26(31)32-23-14-4-3-10-19(23)18-9-1-2-11-20(18)24-21(25(29)30)12-6-13-22(24)28/h1-15H,27-28H2,(H,29,30). The van der Waals surface area contributed by atoms with E-state index in [1.54, 1.807) is 66.7 Å². The highest BCUT2D eigenvalue weighted by molar-refractivity contribution is 6.03. The first kappa shape index (κ1) is 20.7. The molecule has 0 aliphatic carbocycles. The monoisotopic (exact) mass is 424 g/mol. The van der Waals surface area contributed by atoms with E-state index in [-0.39, 0.29) is 5.56 Å². The van der Waals surface area contributed by atoms with Gasteiger partial charge in [-0.25, -0.2) is 9.59 Å². The molecule has 0 amide bonds. The maximum absolute atomic E-state index is 12.7. The molecule has 6 heteroatoms. The molecule has 0 saturated heterocycles. The van der Waals surface area contributed by atoms with Gasteiger partial charge in [-0.1, -0.05) is 54.6 Å². The number of esters is 1. The molecule has 0 saturated carbocycles. The predicted molar refractivity (Wildman–Crippen MR) is 124 cm³/mol. The molecule has 0 heterocycles. The SMILES string of the molecule is Nc1cccc(C(=O)Oc2ccccc2-c2ccccc2-c2c(N)cccc2C(=O)O)c1. The second kappa shape index (κ2) is 8.65. The van der Waals surface area contributed by atoms with Crippen molar-refractivity contribution in [1.82, 2.24) is 0 Å². The van der Waals surface area contributed by atoms with Crippen LogP contribution in [0, 0.1) is 0 Å². The molecular formula is C26H20N2O4. The summed E-state index contributed by atoms with van der Waals surface area (Å²) < 4.78 is 5.70. The Kier molecular flexibility index (Phi) is 5.59. The van der Waals surface area contributed by atoms with E-state index in [0.717, 1.165) is 0 Å². The summed E-state index contributed by atoms with van der Waals surface area (Å²) in [7, 11) is 0. The highest BCUT2D eigenvalue weighted by Crippen LogP contribution is 2.40. The van der Waals surface area contributed by atoms with E-state index < -0.39 is 11.9 Å². The molecule has 4 aromatic carbocycles. The van der Waals surface area contributed by atoms with Crippen LogP contribution in [-0.4, -0.2) is 17.0 Å². The third-order valence-corrected chi connectivity index (χ3v) is 5.03. The summed E-state index contributed by atoms with van der Waals surface area (Å²) in [4.78, 5) is 24.6. The minimum absolute atomic E-state index is 0.0895. The van der Waals surface area contributed by atoms with Gasteiger partial charge < -0.3 is 21.3 Å². The van der Waals surface area contributed by atoms with Crippen molar-refractivity contribution in [2.24, 2.45) is 0 Å². The van der Waals surface area contributed by atoms with Crippen LogP contribution >= 0.6 is 0 Å². The molecule has 0 aromatic heterocycles. The van der Waals surface area contributed by atoms with Crippen LogP contribution in [0.4, 0.5) is 11.4 Å². The molecule has 0 unspecified atom stereocenters. The van der Waals surface area contributed by atoms with Gasteiger partial charge in [0.05, 0.1) is 11.1 Å². The minimum Gasteiger partial charge on any atom is -0.478 e. The summed E-state index contributed by atoms with van der Waals surface area (Å²) >= 11 is 0. The van der Waals surface area contributed by atoms with Crippen LogP contribution in [0.25, 0.3) is 22.3 Å². The Labute approximate surface area is 184 Å². The number of ether oxygens (including phenoxy) is 1. The van der Waals surface area contributed by atoms with Gasteiger partial charge in [0, 0.05) is 22.5 Å². The minimum atomic E-state index is -1.08. The zero-order chi connectivity index (χ0) is 22.7. The first-order chi connectivity index (χ1) is 15.5. The Morgan fingerprint density at radius 3 is 2.09 bits per heavy atom. The summed E-state index contributed by atoms with van der Waals surface area (Å²) in [5, 5.41) is 9.70. The number of aromatic carboxylic acids is 1. The van der Waals surface area contributed by atoms with Crippen molar-refractivity contribution in [3.05, 3.63) is 102 Å². The Balaban J connectivity index is 1.83. The number of nitrogen functional groups attached to an aromatic ring is 2. The molecule has 0 spiro atoms. The van der Waals surface area contributed by atoms with Crippen LogP contribution in [-0.2, 0) is 0 Å². The first-order valence-corrected chi connectivity index (χ1v) is 9.84. The lowest BCUT2D eigenvalue weighted by Crippen LogP contribution is -2.09. The Bertz CT molecular complexity index is 1330. The van der Waals surface area contributed by atoms with Gasteiger partial charge in [0.2, 0.25) is 0 Å². The molecular weight excluding hydrogens is 404 g/mol. The first-order valence-electron chi connectivity index (χ1n) is 9.84. The molecule has 0 aliphatic rings. The molecule has 158 valence electrons. The van der Waals surface area contributed by atoms with Crippen LogP contribution in [0.5, 0.6) is 5.75 Å². The zero-order valence-electron chi connectivity index (χ0n) is 17.0. The van der Waals surface area contributed by atoms with Crippen molar-refractivity contribution in [3.8, 4) is 28.0 Å². The van der Waals surface area contributed by atoms with Crippen molar-refractivity contribution in [2.45, 2.75) is 0 Å². The highest BCUT2D eigenvalue weighted by atomic mass is 16.5. The normalized spacial score (nSPS) is 10.5. The molecule has 0 radical (unpaired) electrons. The van der Waals surface area contributed by atoms with E-state index in [2.05, 4.69) is 0 Å². The number of anilines is 2. The lowest BCUT2D eigenvalue weighted by Gasteiger charge is -2.17. The second-order valence-electron chi connectivity index (χ2n) is 7.13. The van der Waals surface area contributed by atoms with Gasteiger partial charge >= 0.3 is 11.9 Å². The van der Waals surface area contributed by atoms with Crippen molar-refractivity contribution < 1.29 is 19.4 Å². The smallest absolute Gasteiger partial charge is 0.343 e. The average Bonchev–Trinajstić information content (AvgIpc) is 2.79. The highest BCUT2D eigenvalue weighted by Gasteiger charge is 2.20. The summed E-state index contributed by atoms with van der Waals surface area (Å²) in [5.74, 6) is -1.30. The van der Waals surface area contributed by atoms with Crippen LogP contribution in [0.2, 0.25) is 0 Å². The number of hydrogen-bond acceptors (Lipinski definition) is 5. The zero-order valence-corrected chi connectivity index (χ0v) is 17.0. The number of para-hydroxylation sites is 1. The Morgan fingerprint density at radius 1 is 0.719 bits per heavy atom. The number of hydrogen-bond donors (Lipinski definition) is 3. The molecule has 6 nitrogen and oxygen atoms in total. The van der Waals surface area contributed by atoms with Gasteiger partial charge in [-0.15, -0.1) is 0 Å². The molecule has 4 aromatic rings. The van der Waals surface area contributed by atoms with Gasteiger partial charge in [0.1, 0.15) is 5.75 Å².